The van der Waals surface area contributed by atoms with Gasteiger partial charge in [0.1, 0.15) is 0 Å². The first-order valence-electron chi connectivity index (χ1n) is 7.80. The second-order valence-electron chi connectivity index (χ2n) is 5.88. The summed E-state index contributed by atoms with van der Waals surface area (Å²) in [5, 5.41) is 10.6. The summed E-state index contributed by atoms with van der Waals surface area (Å²) in [6, 6.07) is 11.8. The molecule has 6 heteroatoms. The summed E-state index contributed by atoms with van der Waals surface area (Å²) in [4.78, 5) is 38.1. The third-order valence-corrected chi connectivity index (χ3v) is 5.56. The van der Waals surface area contributed by atoms with Gasteiger partial charge in [0.2, 0.25) is 11.8 Å². The lowest BCUT2D eigenvalue weighted by Gasteiger charge is -2.19. The van der Waals surface area contributed by atoms with Crippen molar-refractivity contribution in [2.45, 2.75) is 30.4 Å². The maximum atomic E-state index is 12.8. The average Bonchev–Trinajstić information content (AvgIpc) is 2.85. The van der Waals surface area contributed by atoms with Crippen LogP contribution in [0, 0.1) is 13.8 Å². The van der Waals surface area contributed by atoms with E-state index < -0.39 is 11.2 Å². The first kappa shape index (κ1) is 17.2. The third-order valence-electron chi connectivity index (χ3n) is 4.30. The molecule has 0 aromatic heterocycles. The predicted molar refractivity (Wildman–Crippen MR) is 93.4 cm³/mol. The van der Waals surface area contributed by atoms with E-state index >= 15 is 0 Å². The molecule has 0 saturated carbocycles. The molecule has 2 aromatic carbocycles. The van der Waals surface area contributed by atoms with Crippen LogP contribution in [0.2, 0.25) is 0 Å². The first-order chi connectivity index (χ1) is 11.9. The van der Waals surface area contributed by atoms with E-state index in [1.807, 2.05) is 26.0 Å². The number of imide groups is 1. The van der Waals surface area contributed by atoms with Crippen LogP contribution < -0.4 is 10.0 Å². The molecule has 1 atom stereocenters. The fourth-order valence-electron chi connectivity index (χ4n) is 2.82. The zero-order chi connectivity index (χ0) is 18.1. The lowest BCUT2D eigenvalue weighted by Crippen LogP contribution is -2.32. The monoisotopic (exact) mass is 354 g/mol. The van der Waals surface area contributed by atoms with E-state index in [0.717, 1.165) is 22.9 Å². The maximum absolute atomic E-state index is 12.8. The number of thioether (sulfide) groups is 1. The smallest absolute Gasteiger partial charge is 0.247 e. The van der Waals surface area contributed by atoms with Crippen molar-refractivity contribution in [1.29, 1.82) is 0 Å². The number of carbonyl (C=O) groups is 3. The minimum Gasteiger partial charge on any atom is -0.545 e. The highest BCUT2D eigenvalue weighted by molar-refractivity contribution is 8.00. The zero-order valence-corrected chi connectivity index (χ0v) is 14.6. The highest BCUT2D eigenvalue weighted by Crippen LogP contribution is 2.36. The van der Waals surface area contributed by atoms with Gasteiger partial charge >= 0.3 is 0 Å². The Morgan fingerprint density at radius 2 is 1.84 bits per heavy atom. The second kappa shape index (κ2) is 6.72. The largest absolute Gasteiger partial charge is 0.545 e. The van der Waals surface area contributed by atoms with Gasteiger partial charge in [0.25, 0.3) is 0 Å². The molecule has 1 aliphatic rings. The van der Waals surface area contributed by atoms with Gasteiger partial charge in [0.05, 0.1) is 16.9 Å². The van der Waals surface area contributed by atoms with E-state index in [9.17, 15) is 19.5 Å². The van der Waals surface area contributed by atoms with Crippen molar-refractivity contribution in [2.24, 2.45) is 0 Å². The molecule has 3 rings (SSSR count). The summed E-state index contributed by atoms with van der Waals surface area (Å²) in [6.07, 6.45) is 0.0399. The molecule has 25 heavy (non-hydrogen) atoms. The van der Waals surface area contributed by atoms with Gasteiger partial charge in [-0.1, -0.05) is 30.3 Å². The van der Waals surface area contributed by atoms with Crippen molar-refractivity contribution in [2.75, 3.05) is 4.90 Å². The molecular weight excluding hydrogens is 338 g/mol. The first-order valence-corrected chi connectivity index (χ1v) is 8.68. The van der Waals surface area contributed by atoms with Crippen LogP contribution in [0.25, 0.3) is 0 Å². The van der Waals surface area contributed by atoms with Gasteiger partial charge < -0.3 is 9.90 Å². The van der Waals surface area contributed by atoms with Gasteiger partial charge in [0, 0.05) is 16.9 Å². The molecule has 1 aliphatic heterocycles. The Morgan fingerprint density at radius 3 is 2.56 bits per heavy atom. The van der Waals surface area contributed by atoms with Crippen molar-refractivity contribution < 1.29 is 19.5 Å². The Balaban J connectivity index is 1.90. The van der Waals surface area contributed by atoms with Crippen LogP contribution in [0.15, 0.2) is 47.4 Å². The van der Waals surface area contributed by atoms with E-state index in [2.05, 4.69) is 0 Å². The summed E-state index contributed by atoms with van der Waals surface area (Å²) >= 11 is 1.09. The number of amides is 2. The maximum Gasteiger partial charge on any atom is 0.247 e. The lowest BCUT2D eigenvalue weighted by molar-refractivity contribution is -0.255. The van der Waals surface area contributed by atoms with Crippen molar-refractivity contribution >= 4 is 35.2 Å². The van der Waals surface area contributed by atoms with Gasteiger partial charge in [-0.25, -0.2) is 4.90 Å². The highest BCUT2D eigenvalue weighted by atomic mass is 32.2. The van der Waals surface area contributed by atoms with Crippen LogP contribution in [-0.4, -0.2) is 23.0 Å². The van der Waals surface area contributed by atoms with Gasteiger partial charge in [-0.3, -0.25) is 9.59 Å². The number of carboxylic acid groups (broad SMARTS) is 1. The molecular formula is C19H16NO4S-. The summed E-state index contributed by atoms with van der Waals surface area (Å²) in [5.41, 5.74) is 2.49. The number of aromatic carboxylic acids is 1. The number of anilines is 1. The molecule has 5 nitrogen and oxygen atoms in total. The standard InChI is InChI=1S/C19H17NO4S/c1-11-6-5-8-14(12(11)2)20-17(21)10-16(18(20)22)25-15-9-4-3-7-13(15)19(23)24/h3-9,16H,10H2,1-2H3,(H,23,24)/p-1/t16-/m1/s1. The molecule has 0 bridgehead atoms. The number of hydrogen-bond donors (Lipinski definition) is 0. The SMILES string of the molecule is Cc1cccc(N2C(=O)C[C@@H](Sc3ccccc3C(=O)[O-])C2=O)c1C. The van der Waals surface area contributed by atoms with Crippen LogP contribution in [0.1, 0.15) is 27.9 Å². The molecule has 2 aromatic rings. The number of carboxylic acids is 1. The Hall–Kier alpha value is -2.60. The highest BCUT2D eigenvalue weighted by Gasteiger charge is 2.41. The molecule has 0 spiro atoms. The lowest BCUT2D eigenvalue weighted by atomic mass is 10.1. The zero-order valence-electron chi connectivity index (χ0n) is 13.8. The van der Waals surface area contributed by atoms with Crippen LogP contribution >= 0.6 is 11.8 Å². The molecule has 1 saturated heterocycles. The minimum absolute atomic E-state index is 0.0259. The second-order valence-corrected chi connectivity index (χ2v) is 7.13. The van der Waals surface area contributed by atoms with Gasteiger partial charge in [-0.05, 0) is 37.1 Å². The Labute approximate surface area is 149 Å². The summed E-state index contributed by atoms with van der Waals surface area (Å²) in [5.74, 6) is -1.90. The Morgan fingerprint density at radius 1 is 1.12 bits per heavy atom. The molecule has 0 radical (unpaired) electrons. The fraction of sp³-hybridized carbons (Fsp3) is 0.211. The predicted octanol–water partition coefficient (Wildman–Crippen LogP) is 2.09. The molecule has 1 fully saturated rings. The fourth-order valence-corrected chi connectivity index (χ4v) is 3.99. The molecule has 0 N–H and O–H groups in total. The van der Waals surface area contributed by atoms with Crippen LogP contribution in [0.5, 0.6) is 0 Å². The van der Waals surface area contributed by atoms with Gasteiger partial charge in [-0.15, -0.1) is 11.8 Å². The van der Waals surface area contributed by atoms with Crippen LogP contribution in [0.3, 0.4) is 0 Å². The van der Waals surface area contributed by atoms with E-state index in [4.69, 9.17) is 0 Å². The quantitative estimate of drug-likeness (QED) is 0.786. The minimum atomic E-state index is -1.30. The molecule has 0 unspecified atom stereocenters. The Bertz CT molecular complexity index is 877. The number of aryl methyl sites for hydroxylation is 1. The van der Waals surface area contributed by atoms with E-state index in [0.29, 0.717) is 10.6 Å². The topological polar surface area (TPSA) is 77.5 Å². The number of rotatable bonds is 4. The van der Waals surface area contributed by atoms with Gasteiger partial charge in [-0.2, -0.15) is 0 Å². The molecule has 2 amide bonds. The third kappa shape index (κ3) is 3.17. The van der Waals surface area contributed by atoms with Crippen LogP contribution in [0.4, 0.5) is 5.69 Å². The summed E-state index contributed by atoms with van der Waals surface area (Å²) < 4.78 is 0. The average molecular weight is 354 g/mol. The van der Waals surface area contributed by atoms with E-state index in [1.54, 1.807) is 24.3 Å². The van der Waals surface area contributed by atoms with E-state index in [-0.39, 0.29) is 23.8 Å². The van der Waals surface area contributed by atoms with Crippen molar-refractivity contribution in [3.8, 4) is 0 Å². The molecule has 128 valence electrons. The van der Waals surface area contributed by atoms with E-state index in [1.165, 1.54) is 11.0 Å². The number of carbonyl (C=O) groups excluding carboxylic acids is 3. The summed E-state index contributed by atoms with van der Waals surface area (Å²) in [6.45, 7) is 3.79. The number of nitrogens with zero attached hydrogens (tertiary/aromatic N) is 1. The van der Waals surface area contributed by atoms with Crippen molar-refractivity contribution in [1.82, 2.24) is 0 Å². The number of benzene rings is 2. The molecule has 0 aliphatic carbocycles. The van der Waals surface area contributed by atoms with Crippen LogP contribution in [-0.2, 0) is 9.59 Å². The molecule has 1 heterocycles. The van der Waals surface area contributed by atoms with Gasteiger partial charge in [0.15, 0.2) is 0 Å². The van der Waals surface area contributed by atoms with Crippen molar-refractivity contribution in [3.05, 3.63) is 59.2 Å². The summed E-state index contributed by atoms with van der Waals surface area (Å²) in [7, 11) is 0. The normalized spacial score (nSPS) is 17.2. The Kier molecular flexibility index (Phi) is 4.63. The number of hydrogen-bond acceptors (Lipinski definition) is 5. The van der Waals surface area contributed by atoms with Crippen molar-refractivity contribution in [3.63, 3.8) is 0 Å².